The lowest BCUT2D eigenvalue weighted by atomic mass is 9.99. The highest BCUT2D eigenvalue weighted by Gasteiger charge is 2.25. The number of hydrogen-bond donors (Lipinski definition) is 2. The van der Waals surface area contributed by atoms with Gasteiger partial charge in [-0.05, 0) is 33.7 Å². The number of likely N-dealkylation sites (tertiary alicyclic amines) is 1. The normalized spacial score (nSPS) is 23.9. The molecule has 0 radical (unpaired) electrons. The second kappa shape index (κ2) is 7.33. The van der Waals surface area contributed by atoms with Gasteiger partial charge in [0.25, 0.3) is 0 Å². The van der Waals surface area contributed by atoms with Crippen molar-refractivity contribution in [2.75, 3.05) is 26.7 Å². The zero-order valence-electron chi connectivity index (χ0n) is 12.1. The highest BCUT2D eigenvalue weighted by Crippen LogP contribution is 2.15. The van der Waals surface area contributed by atoms with Gasteiger partial charge in [0, 0.05) is 31.7 Å². The van der Waals surface area contributed by atoms with Crippen LogP contribution in [-0.2, 0) is 4.79 Å². The lowest BCUT2D eigenvalue weighted by molar-refractivity contribution is -0.137. The topological polar surface area (TPSA) is 72.9 Å². The second-order valence-corrected chi connectivity index (χ2v) is 5.22. The van der Waals surface area contributed by atoms with E-state index in [1.165, 1.54) is 0 Å². The summed E-state index contributed by atoms with van der Waals surface area (Å²) in [6, 6.07) is 0.510. The monoisotopic (exact) mass is 271 g/mol. The van der Waals surface area contributed by atoms with Crippen LogP contribution in [0.3, 0.4) is 0 Å². The molecule has 2 N–H and O–H groups in total. The minimum absolute atomic E-state index is 0.00886. The van der Waals surface area contributed by atoms with E-state index in [9.17, 15) is 9.59 Å². The maximum absolute atomic E-state index is 12.1. The Kier molecular flexibility index (Phi) is 6.08. The van der Waals surface area contributed by atoms with Crippen molar-refractivity contribution in [2.45, 2.75) is 45.2 Å². The molecule has 0 aliphatic carbocycles. The summed E-state index contributed by atoms with van der Waals surface area (Å²) in [4.78, 5) is 26.4. The van der Waals surface area contributed by atoms with E-state index in [2.05, 4.69) is 24.2 Å². The number of piperidine rings is 1. The average Bonchev–Trinajstić information content (AvgIpc) is 2.34. The van der Waals surface area contributed by atoms with Gasteiger partial charge in [-0.15, -0.1) is 0 Å². The highest BCUT2D eigenvalue weighted by molar-refractivity contribution is 5.75. The molecule has 2 atom stereocenters. The molecule has 1 fully saturated rings. The SMILES string of the molecule is CCN(CCC(=O)O)C(=O)NC1CCN(C)C(C)C1. The van der Waals surface area contributed by atoms with Gasteiger partial charge in [0.1, 0.15) is 0 Å². The van der Waals surface area contributed by atoms with Gasteiger partial charge in [-0.3, -0.25) is 4.79 Å². The third-order valence-corrected chi connectivity index (χ3v) is 3.80. The summed E-state index contributed by atoms with van der Waals surface area (Å²) in [6.07, 6.45) is 1.88. The Morgan fingerprint density at radius 1 is 1.47 bits per heavy atom. The van der Waals surface area contributed by atoms with Gasteiger partial charge in [0.05, 0.1) is 6.42 Å². The fraction of sp³-hybridized carbons (Fsp3) is 0.846. The summed E-state index contributed by atoms with van der Waals surface area (Å²) >= 11 is 0. The number of carboxylic acids is 1. The molecule has 1 aliphatic rings. The predicted molar refractivity (Wildman–Crippen MR) is 73.1 cm³/mol. The number of amides is 2. The van der Waals surface area contributed by atoms with E-state index in [-0.39, 0.29) is 25.0 Å². The van der Waals surface area contributed by atoms with Crippen molar-refractivity contribution >= 4 is 12.0 Å². The van der Waals surface area contributed by atoms with Crippen LogP contribution >= 0.6 is 0 Å². The number of aliphatic carboxylic acids is 1. The molecule has 1 saturated heterocycles. The highest BCUT2D eigenvalue weighted by atomic mass is 16.4. The van der Waals surface area contributed by atoms with Crippen molar-refractivity contribution in [2.24, 2.45) is 0 Å². The Hall–Kier alpha value is -1.30. The molecule has 1 rings (SSSR count). The lowest BCUT2D eigenvalue weighted by Gasteiger charge is -2.36. The molecule has 0 aromatic carbocycles. The lowest BCUT2D eigenvalue weighted by Crippen LogP contribution is -2.51. The summed E-state index contributed by atoms with van der Waals surface area (Å²) in [7, 11) is 2.09. The first-order valence-electron chi connectivity index (χ1n) is 6.91. The van der Waals surface area contributed by atoms with E-state index in [1.807, 2.05) is 6.92 Å². The van der Waals surface area contributed by atoms with Crippen LogP contribution in [0.4, 0.5) is 4.79 Å². The van der Waals surface area contributed by atoms with Crippen LogP contribution in [0.15, 0.2) is 0 Å². The summed E-state index contributed by atoms with van der Waals surface area (Å²) < 4.78 is 0. The molecule has 6 heteroatoms. The van der Waals surface area contributed by atoms with E-state index in [4.69, 9.17) is 5.11 Å². The molecule has 0 aromatic rings. The van der Waals surface area contributed by atoms with Gasteiger partial charge in [0.15, 0.2) is 0 Å². The Labute approximate surface area is 114 Å². The third kappa shape index (κ3) is 5.06. The molecule has 0 bridgehead atoms. The van der Waals surface area contributed by atoms with Gasteiger partial charge in [0.2, 0.25) is 0 Å². The molecule has 110 valence electrons. The first-order valence-corrected chi connectivity index (χ1v) is 6.91. The summed E-state index contributed by atoms with van der Waals surface area (Å²) in [6.45, 7) is 5.79. The van der Waals surface area contributed by atoms with Gasteiger partial charge < -0.3 is 20.2 Å². The molecule has 0 aromatic heterocycles. The van der Waals surface area contributed by atoms with Crippen LogP contribution in [0.1, 0.15) is 33.1 Å². The average molecular weight is 271 g/mol. The first-order chi connectivity index (χ1) is 8.93. The Morgan fingerprint density at radius 3 is 2.68 bits per heavy atom. The standard InChI is InChI=1S/C13H25N3O3/c1-4-16(8-6-12(17)18)13(19)14-11-5-7-15(3)10(2)9-11/h10-11H,4-9H2,1-3H3,(H,14,19)(H,17,18). The van der Waals surface area contributed by atoms with Crippen molar-refractivity contribution in [1.29, 1.82) is 0 Å². The largest absolute Gasteiger partial charge is 0.481 e. The molecule has 2 unspecified atom stereocenters. The number of urea groups is 1. The van der Waals surface area contributed by atoms with E-state index < -0.39 is 5.97 Å². The van der Waals surface area contributed by atoms with Crippen LogP contribution < -0.4 is 5.32 Å². The van der Waals surface area contributed by atoms with Gasteiger partial charge in [-0.1, -0.05) is 0 Å². The van der Waals surface area contributed by atoms with E-state index in [1.54, 1.807) is 4.90 Å². The van der Waals surface area contributed by atoms with E-state index >= 15 is 0 Å². The number of carboxylic acid groups (broad SMARTS) is 1. The Balaban J connectivity index is 2.41. The minimum atomic E-state index is -0.876. The summed E-state index contributed by atoms with van der Waals surface area (Å²) in [5, 5.41) is 11.7. The van der Waals surface area contributed by atoms with Crippen LogP contribution in [0.5, 0.6) is 0 Å². The number of nitrogens with one attached hydrogen (secondary N) is 1. The molecular weight excluding hydrogens is 246 g/mol. The maximum Gasteiger partial charge on any atom is 0.317 e. The number of hydrogen-bond acceptors (Lipinski definition) is 3. The number of nitrogens with zero attached hydrogens (tertiary/aromatic N) is 2. The summed E-state index contributed by atoms with van der Waals surface area (Å²) in [5.74, 6) is -0.876. The van der Waals surface area contributed by atoms with Crippen molar-refractivity contribution in [3.63, 3.8) is 0 Å². The molecular formula is C13H25N3O3. The van der Waals surface area contributed by atoms with Crippen LogP contribution in [0.2, 0.25) is 0 Å². The molecule has 1 heterocycles. The van der Waals surface area contributed by atoms with Gasteiger partial charge in [-0.25, -0.2) is 4.79 Å². The fourth-order valence-electron chi connectivity index (χ4n) is 2.32. The van der Waals surface area contributed by atoms with Crippen molar-refractivity contribution in [3.05, 3.63) is 0 Å². The van der Waals surface area contributed by atoms with Crippen LogP contribution in [0.25, 0.3) is 0 Å². The quantitative estimate of drug-likeness (QED) is 0.781. The number of rotatable bonds is 5. The van der Waals surface area contributed by atoms with Gasteiger partial charge in [-0.2, -0.15) is 0 Å². The molecule has 6 nitrogen and oxygen atoms in total. The van der Waals surface area contributed by atoms with E-state index in [0.29, 0.717) is 12.6 Å². The Bertz CT molecular complexity index is 322. The number of carbonyl (C=O) groups is 2. The summed E-state index contributed by atoms with van der Waals surface area (Å²) in [5.41, 5.74) is 0. The second-order valence-electron chi connectivity index (χ2n) is 5.22. The van der Waals surface area contributed by atoms with Gasteiger partial charge >= 0.3 is 12.0 Å². The molecule has 0 spiro atoms. The van der Waals surface area contributed by atoms with Crippen LogP contribution in [-0.4, -0.2) is 65.7 Å². The smallest absolute Gasteiger partial charge is 0.317 e. The zero-order chi connectivity index (χ0) is 14.4. The fourth-order valence-corrected chi connectivity index (χ4v) is 2.32. The van der Waals surface area contributed by atoms with Crippen molar-refractivity contribution in [1.82, 2.24) is 15.1 Å². The maximum atomic E-state index is 12.1. The van der Waals surface area contributed by atoms with E-state index in [0.717, 1.165) is 19.4 Å². The Morgan fingerprint density at radius 2 is 2.16 bits per heavy atom. The van der Waals surface area contributed by atoms with Crippen molar-refractivity contribution < 1.29 is 14.7 Å². The van der Waals surface area contributed by atoms with Crippen molar-refractivity contribution in [3.8, 4) is 0 Å². The third-order valence-electron chi connectivity index (χ3n) is 3.80. The number of carbonyl (C=O) groups excluding carboxylic acids is 1. The molecule has 0 saturated carbocycles. The zero-order valence-corrected chi connectivity index (χ0v) is 12.1. The van der Waals surface area contributed by atoms with Crippen LogP contribution in [0, 0.1) is 0 Å². The minimum Gasteiger partial charge on any atom is -0.481 e. The predicted octanol–water partition coefficient (Wildman–Crippen LogP) is 0.975. The molecule has 2 amide bonds. The molecule has 1 aliphatic heterocycles. The molecule has 19 heavy (non-hydrogen) atoms. The first kappa shape index (κ1) is 15.8.